The minimum Gasteiger partial charge on any atom is -0.379 e. The predicted molar refractivity (Wildman–Crippen MR) is 126 cm³/mol. The van der Waals surface area contributed by atoms with Crippen LogP contribution in [0.4, 0.5) is 8.78 Å². The van der Waals surface area contributed by atoms with Crippen LogP contribution >= 0.6 is 24.0 Å². The molecule has 0 bridgehead atoms. The molecule has 8 heteroatoms. The summed E-state index contributed by atoms with van der Waals surface area (Å²) in [7, 11) is 1.71. The molecule has 30 heavy (non-hydrogen) atoms. The van der Waals surface area contributed by atoms with Gasteiger partial charge in [0.05, 0.1) is 19.3 Å². The van der Waals surface area contributed by atoms with Crippen LogP contribution in [0.5, 0.6) is 0 Å². The molecule has 1 aliphatic rings. The van der Waals surface area contributed by atoms with Crippen LogP contribution < -0.4 is 10.6 Å². The van der Waals surface area contributed by atoms with Crippen molar-refractivity contribution in [1.29, 1.82) is 0 Å². The highest BCUT2D eigenvalue weighted by atomic mass is 127. The molecule has 0 amide bonds. The quantitative estimate of drug-likeness (QED) is 0.328. The van der Waals surface area contributed by atoms with Crippen LogP contribution in [0.2, 0.25) is 0 Å². The molecule has 1 unspecified atom stereocenters. The van der Waals surface area contributed by atoms with Crippen molar-refractivity contribution < 1.29 is 13.5 Å². The number of ether oxygens (including phenoxy) is 1. The lowest BCUT2D eigenvalue weighted by Gasteiger charge is -2.35. The third kappa shape index (κ3) is 7.48. The maximum atomic E-state index is 13.8. The smallest absolute Gasteiger partial charge is 0.191 e. The highest BCUT2D eigenvalue weighted by Gasteiger charge is 2.23. The van der Waals surface area contributed by atoms with Gasteiger partial charge in [-0.3, -0.25) is 9.89 Å². The number of rotatable bonds is 7. The summed E-state index contributed by atoms with van der Waals surface area (Å²) in [6.45, 7) is 4.16. The molecule has 1 heterocycles. The van der Waals surface area contributed by atoms with E-state index >= 15 is 0 Å². The minimum absolute atomic E-state index is 0. The monoisotopic (exact) mass is 530 g/mol. The first-order valence-corrected chi connectivity index (χ1v) is 9.92. The number of benzene rings is 2. The Labute approximate surface area is 193 Å². The lowest BCUT2D eigenvalue weighted by atomic mass is 10.0. The van der Waals surface area contributed by atoms with E-state index in [4.69, 9.17) is 4.74 Å². The number of hydrogen-bond donors (Lipinski definition) is 2. The number of morpholine rings is 1. The Kier molecular flexibility index (Phi) is 10.5. The molecule has 0 spiro atoms. The number of guanidine groups is 1. The zero-order valence-electron chi connectivity index (χ0n) is 17.1. The van der Waals surface area contributed by atoms with Crippen molar-refractivity contribution in [2.45, 2.75) is 12.5 Å². The van der Waals surface area contributed by atoms with Crippen molar-refractivity contribution in [3.8, 4) is 0 Å². The first-order chi connectivity index (χ1) is 14.2. The van der Waals surface area contributed by atoms with Crippen LogP contribution in [0.25, 0.3) is 0 Å². The molecule has 0 radical (unpaired) electrons. The zero-order chi connectivity index (χ0) is 20.5. The summed E-state index contributed by atoms with van der Waals surface area (Å²) in [5, 5.41) is 6.60. The first-order valence-electron chi connectivity index (χ1n) is 9.92. The van der Waals surface area contributed by atoms with Gasteiger partial charge in [-0.2, -0.15) is 0 Å². The van der Waals surface area contributed by atoms with Crippen LogP contribution in [0.1, 0.15) is 17.2 Å². The lowest BCUT2D eigenvalue weighted by Crippen LogP contribution is -2.46. The van der Waals surface area contributed by atoms with E-state index in [1.807, 2.05) is 12.1 Å². The molecule has 1 atom stereocenters. The Morgan fingerprint density at radius 1 is 1.07 bits per heavy atom. The fourth-order valence-corrected chi connectivity index (χ4v) is 3.49. The second kappa shape index (κ2) is 12.8. The van der Waals surface area contributed by atoms with Crippen molar-refractivity contribution in [3.05, 3.63) is 71.3 Å². The zero-order valence-corrected chi connectivity index (χ0v) is 19.4. The Morgan fingerprint density at radius 2 is 1.77 bits per heavy atom. The Balaban J connectivity index is 0.00000320. The Morgan fingerprint density at radius 3 is 2.43 bits per heavy atom. The van der Waals surface area contributed by atoms with Crippen LogP contribution in [0.3, 0.4) is 0 Å². The van der Waals surface area contributed by atoms with E-state index in [9.17, 15) is 8.78 Å². The summed E-state index contributed by atoms with van der Waals surface area (Å²) in [5.74, 6) is 0.197. The van der Waals surface area contributed by atoms with Gasteiger partial charge in [-0.05, 0) is 41.8 Å². The van der Waals surface area contributed by atoms with Crippen molar-refractivity contribution in [2.75, 3.05) is 46.4 Å². The van der Waals surface area contributed by atoms with Gasteiger partial charge >= 0.3 is 0 Å². The van der Waals surface area contributed by atoms with Gasteiger partial charge in [0.15, 0.2) is 5.96 Å². The second-order valence-corrected chi connectivity index (χ2v) is 6.98. The van der Waals surface area contributed by atoms with Crippen LogP contribution in [0.15, 0.2) is 53.5 Å². The van der Waals surface area contributed by atoms with E-state index in [-0.39, 0.29) is 41.7 Å². The highest BCUT2D eigenvalue weighted by Crippen LogP contribution is 2.22. The second-order valence-electron chi connectivity index (χ2n) is 6.98. The minimum atomic E-state index is -0.238. The summed E-state index contributed by atoms with van der Waals surface area (Å²) in [6.07, 6.45) is 0.690. The lowest BCUT2D eigenvalue weighted by molar-refractivity contribution is 0.0169. The molecule has 2 aromatic carbocycles. The molecule has 1 saturated heterocycles. The molecule has 164 valence electrons. The summed E-state index contributed by atoms with van der Waals surface area (Å²) in [6, 6.07) is 13.3. The van der Waals surface area contributed by atoms with Gasteiger partial charge < -0.3 is 15.4 Å². The van der Waals surface area contributed by atoms with E-state index in [2.05, 4.69) is 20.5 Å². The van der Waals surface area contributed by atoms with Crippen molar-refractivity contribution in [2.24, 2.45) is 4.99 Å². The maximum absolute atomic E-state index is 13.8. The Bertz CT molecular complexity index is 815. The fourth-order valence-electron chi connectivity index (χ4n) is 3.49. The van der Waals surface area contributed by atoms with E-state index in [1.165, 1.54) is 18.2 Å². The van der Waals surface area contributed by atoms with Crippen LogP contribution in [0, 0.1) is 11.6 Å². The summed E-state index contributed by atoms with van der Waals surface area (Å²) in [4.78, 5) is 6.57. The van der Waals surface area contributed by atoms with Gasteiger partial charge in [0.25, 0.3) is 0 Å². The highest BCUT2D eigenvalue weighted by molar-refractivity contribution is 14.0. The number of nitrogens with one attached hydrogen (secondary N) is 2. The van der Waals surface area contributed by atoms with E-state index in [0.29, 0.717) is 38.7 Å². The van der Waals surface area contributed by atoms with Gasteiger partial charge in [-0.1, -0.05) is 24.3 Å². The molecular formula is C22H29F2IN4O. The average Bonchev–Trinajstić information content (AvgIpc) is 2.73. The van der Waals surface area contributed by atoms with Crippen molar-refractivity contribution in [1.82, 2.24) is 15.5 Å². The van der Waals surface area contributed by atoms with Gasteiger partial charge in [-0.15, -0.1) is 24.0 Å². The molecule has 0 aromatic heterocycles. The first kappa shape index (κ1) is 24.5. The largest absolute Gasteiger partial charge is 0.379 e. The molecule has 5 nitrogen and oxygen atoms in total. The molecule has 0 aliphatic carbocycles. The van der Waals surface area contributed by atoms with Crippen molar-refractivity contribution >= 4 is 29.9 Å². The average molecular weight is 530 g/mol. The number of halogens is 3. The summed E-state index contributed by atoms with van der Waals surface area (Å²) in [5.41, 5.74) is 1.86. The number of nitrogens with zero attached hydrogens (tertiary/aromatic N) is 2. The SMILES string of the molecule is CN=C(NCCc1cccc(F)c1)NCC(c1cccc(F)c1)N1CCOCC1.I. The van der Waals surface area contributed by atoms with E-state index in [0.717, 1.165) is 24.2 Å². The molecule has 1 fully saturated rings. The van der Waals surface area contributed by atoms with E-state index < -0.39 is 0 Å². The molecule has 0 saturated carbocycles. The number of aliphatic imine (C=N–C) groups is 1. The molecule has 2 N–H and O–H groups in total. The van der Waals surface area contributed by atoms with Crippen LogP contribution in [-0.2, 0) is 11.2 Å². The van der Waals surface area contributed by atoms with Crippen molar-refractivity contribution in [3.63, 3.8) is 0 Å². The third-order valence-corrected chi connectivity index (χ3v) is 5.00. The normalized spacial score (nSPS) is 15.9. The number of hydrogen-bond acceptors (Lipinski definition) is 3. The van der Waals surface area contributed by atoms with E-state index in [1.54, 1.807) is 25.2 Å². The fraction of sp³-hybridized carbons (Fsp3) is 0.409. The van der Waals surface area contributed by atoms with Gasteiger partial charge in [-0.25, -0.2) is 8.78 Å². The Hall–Kier alpha value is -1.78. The summed E-state index contributed by atoms with van der Waals surface area (Å²) < 4.78 is 32.5. The molecule has 2 aromatic rings. The third-order valence-electron chi connectivity index (χ3n) is 5.00. The van der Waals surface area contributed by atoms with Gasteiger partial charge in [0.2, 0.25) is 0 Å². The molecule has 1 aliphatic heterocycles. The standard InChI is InChI=1S/C22H28F2N4O.HI/c1-25-22(26-9-8-17-4-2-6-19(23)14-17)27-16-21(28-10-12-29-13-11-28)18-5-3-7-20(24)15-18;/h2-7,14-15,21H,8-13,16H2,1H3,(H2,25,26,27);1H. The predicted octanol–water partition coefficient (Wildman–Crippen LogP) is 3.36. The summed E-state index contributed by atoms with van der Waals surface area (Å²) >= 11 is 0. The molecular weight excluding hydrogens is 501 g/mol. The maximum Gasteiger partial charge on any atom is 0.191 e. The van der Waals surface area contributed by atoms with Gasteiger partial charge in [0, 0.05) is 33.2 Å². The van der Waals surface area contributed by atoms with Gasteiger partial charge in [0.1, 0.15) is 11.6 Å². The topological polar surface area (TPSA) is 48.9 Å². The molecule has 3 rings (SSSR count). The van der Waals surface area contributed by atoms with Crippen LogP contribution in [-0.4, -0.2) is 57.3 Å².